The number of nitrogens with zero attached hydrogens (tertiary/aromatic N) is 2. The first-order valence-corrected chi connectivity index (χ1v) is 5.06. The van der Waals surface area contributed by atoms with Crippen molar-refractivity contribution < 1.29 is 10.2 Å². The number of nitrogens with two attached hydrogens (primary N) is 1. The second-order valence-electron chi connectivity index (χ2n) is 3.79. The molecule has 1 aromatic heterocycles. The largest absolute Gasteiger partial charge is 0.390 e. The summed E-state index contributed by atoms with van der Waals surface area (Å²) in [6.45, 7) is 1.64. The number of aliphatic imine (C=N–C) groups is 1. The van der Waals surface area contributed by atoms with E-state index in [4.69, 9.17) is 5.73 Å². The molecule has 1 aromatic rings. The highest BCUT2D eigenvalue weighted by Crippen LogP contribution is 2.22. The number of aromatic amines is 1. The van der Waals surface area contributed by atoms with Crippen molar-refractivity contribution in [2.24, 2.45) is 4.99 Å². The number of aliphatic hydroxyl groups is 2. The van der Waals surface area contributed by atoms with Gasteiger partial charge in [-0.15, -0.1) is 0 Å². The molecule has 0 radical (unpaired) electrons. The molecule has 1 aliphatic rings. The van der Waals surface area contributed by atoms with Crippen LogP contribution in [0.3, 0.4) is 0 Å². The van der Waals surface area contributed by atoms with Crippen LogP contribution in [0.4, 0.5) is 17.5 Å². The Bertz CT molecular complexity index is 522. The lowest BCUT2D eigenvalue weighted by atomic mass is 10.1. The third-order valence-electron chi connectivity index (χ3n) is 2.40. The minimum atomic E-state index is -1.12. The first-order valence-electron chi connectivity index (χ1n) is 5.06. The van der Waals surface area contributed by atoms with Gasteiger partial charge < -0.3 is 21.3 Å². The minimum absolute atomic E-state index is 0.00373. The molecule has 1 aliphatic heterocycles. The molecule has 8 nitrogen and oxygen atoms in total. The van der Waals surface area contributed by atoms with Crippen molar-refractivity contribution in [1.82, 2.24) is 9.97 Å². The minimum Gasteiger partial charge on any atom is -0.390 e. The fourth-order valence-corrected chi connectivity index (χ4v) is 1.52. The number of anilines is 2. The predicted octanol–water partition coefficient (Wildman–Crippen LogP) is -1.41. The summed E-state index contributed by atoms with van der Waals surface area (Å²) in [4.78, 5) is 21.7. The molecule has 0 bridgehead atoms. The molecular weight excluding hydrogens is 226 g/mol. The van der Waals surface area contributed by atoms with Gasteiger partial charge in [-0.1, -0.05) is 0 Å². The smallest absolute Gasteiger partial charge is 0.280 e. The molecule has 0 fully saturated rings. The summed E-state index contributed by atoms with van der Waals surface area (Å²) < 4.78 is 0. The maximum absolute atomic E-state index is 11.6. The zero-order chi connectivity index (χ0) is 12.6. The summed E-state index contributed by atoms with van der Waals surface area (Å²) in [5.41, 5.74) is 5.23. The van der Waals surface area contributed by atoms with Crippen molar-refractivity contribution >= 4 is 23.2 Å². The summed E-state index contributed by atoms with van der Waals surface area (Å²) in [6, 6.07) is 0. The number of fused-ring (bicyclic) bond motifs is 1. The lowest BCUT2D eigenvalue weighted by molar-refractivity contribution is 0.0731. The fraction of sp³-hybridized carbons (Fsp3) is 0.444. The van der Waals surface area contributed by atoms with E-state index in [2.05, 4.69) is 20.3 Å². The Morgan fingerprint density at radius 1 is 1.47 bits per heavy atom. The third-order valence-corrected chi connectivity index (χ3v) is 2.40. The average Bonchev–Trinajstić information content (AvgIpc) is 2.27. The molecule has 0 aromatic carbocycles. The normalized spacial score (nSPS) is 17.7. The van der Waals surface area contributed by atoms with Crippen LogP contribution in [0.15, 0.2) is 9.79 Å². The third kappa shape index (κ3) is 2.12. The maximum atomic E-state index is 11.6. The summed E-state index contributed by atoms with van der Waals surface area (Å²) in [7, 11) is 0. The SMILES string of the molecule is C[C@H](O)[C@@H](O)C1=Nc2c(nc(N)[nH]c2=O)NC1. The summed E-state index contributed by atoms with van der Waals surface area (Å²) >= 11 is 0. The van der Waals surface area contributed by atoms with E-state index in [1.165, 1.54) is 6.92 Å². The van der Waals surface area contributed by atoms with E-state index in [1.807, 2.05) is 0 Å². The van der Waals surface area contributed by atoms with Crippen LogP contribution in [0, 0.1) is 0 Å². The number of aliphatic hydroxyl groups excluding tert-OH is 2. The van der Waals surface area contributed by atoms with E-state index in [0.717, 1.165) is 0 Å². The van der Waals surface area contributed by atoms with Crippen LogP contribution in [0.2, 0.25) is 0 Å². The molecule has 17 heavy (non-hydrogen) atoms. The number of hydrogen-bond donors (Lipinski definition) is 5. The Balaban J connectivity index is 2.45. The van der Waals surface area contributed by atoms with Gasteiger partial charge in [-0.3, -0.25) is 9.78 Å². The second kappa shape index (κ2) is 4.15. The highest BCUT2D eigenvalue weighted by molar-refractivity contribution is 5.97. The highest BCUT2D eigenvalue weighted by Gasteiger charge is 2.24. The summed E-state index contributed by atoms with van der Waals surface area (Å²) in [5.74, 6) is 0.267. The summed E-state index contributed by atoms with van der Waals surface area (Å²) in [6.07, 6.45) is -2.08. The molecule has 0 amide bonds. The van der Waals surface area contributed by atoms with E-state index in [0.29, 0.717) is 0 Å². The van der Waals surface area contributed by atoms with Gasteiger partial charge in [-0.05, 0) is 6.92 Å². The molecule has 0 saturated heterocycles. The molecule has 0 unspecified atom stereocenters. The Morgan fingerprint density at radius 2 is 2.18 bits per heavy atom. The topological polar surface area (TPSA) is 137 Å². The summed E-state index contributed by atoms with van der Waals surface area (Å²) in [5, 5.41) is 21.7. The predicted molar refractivity (Wildman–Crippen MR) is 62.5 cm³/mol. The molecule has 92 valence electrons. The van der Waals surface area contributed by atoms with E-state index < -0.39 is 17.8 Å². The van der Waals surface area contributed by atoms with Gasteiger partial charge in [0.25, 0.3) is 5.56 Å². The van der Waals surface area contributed by atoms with Crippen LogP contribution in [0.5, 0.6) is 0 Å². The zero-order valence-electron chi connectivity index (χ0n) is 9.14. The van der Waals surface area contributed by atoms with Crippen LogP contribution >= 0.6 is 0 Å². The molecule has 2 atom stereocenters. The van der Waals surface area contributed by atoms with E-state index in [9.17, 15) is 15.0 Å². The Morgan fingerprint density at radius 3 is 2.82 bits per heavy atom. The van der Waals surface area contributed by atoms with Gasteiger partial charge in [0.1, 0.15) is 6.10 Å². The first kappa shape index (κ1) is 11.6. The van der Waals surface area contributed by atoms with E-state index in [-0.39, 0.29) is 29.7 Å². The van der Waals surface area contributed by atoms with Crippen LogP contribution in [-0.4, -0.2) is 44.6 Å². The molecule has 8 heteroatoms. The molecule has 0 aliphatic carbocycles. The highest BCUT2D eigenvalue weighted by atomic mass is 16.3. The number of nitrogens with one attached hydrogen (secondary N) is 2. The van der Waals surface area contributed by atoms with Crippen LogP contribution in [0.1, 0.15) is 6.92 Å². The number of nitrogen functional groups attached to an aromatic ring is 1. The zero-order valence-corrected chi connectivity index (χ0v) is 9.14. The van der Waals surface area contributed by atoms with Crippen molar-refractivity contribution in [2.45, 2.75) is 19.1 Å². The van der Waals surface area contributed by atoms with Crippen molar-refractivity contribution in [3.8, 4) is 0 Å². The molecule has 0 saturated carbocycles. The van der Waals surface area contributed by atoms with Gasteiger partial charge in [0.05, 0.1) is 18.4 Å². The Kier molecular flexibility index (Phi) is 2.82. The lowest BCUT2D eigenvalue weighted by Crippen LogP contribution is -2.38. The molecule has 2 heterocycles. The molecule has 2 rings (SSSR count). The van der Waals surface area contributed by atoms with Gasteiger partial charge in [-0.2, -0.15) is 4.98 Å². The van der Waals surface area contributed by atoms with E-state index >= 15 is 0 Å². The number of aromatic nitrogens is 2. The monoisotopic (exact) mass is 239 g/mol. The van der Waals surface area contributed by atoms with Crippen molar-refractivity contribution in [1.29, 1.82) is 0 Å². The van der Waals surface area contributed by atoms with Crippen molar-refractivity contribution in [3.63, 3.8) is 0 Å². The van der Waals surface area contributed by atoms with Gasteiger partial charge in [-0.25, -0.2) is 4.99 Å². The number of hydrogen-bond acceptors (Lipinski definition) is 7. The number of rotatable bonds is 2. The lowest BCUT2D eigenvalue weighted by Gasteiger charge is -2.21. The Hall–Kier alpha value is -1.93. The van der Waals surface area contributed by atoms with E-state index in [1.54, 1.807) is 0 Å². The van der Waals surface area contributed by atoms with Gasteiger partial charge in [0, 0.05) is 0 Å². The standard InChI is InChI=1S/C9H13N5O3/c1-3(15)6(16)4-2-11-7-5(12-4)8(17)14-9(10)13-7/h3,6,15-16H,2H2,1H3,(H4,10,11,13,14,17)/t3-,6+/m0/s1. The van der Waals surface area contributed by atoms with Crippen molar-refractivity contribution in [3.05, 3.63) is 10.4 Å². The first-order chi connectivity index (χ1) is 7.99. The number of H-pyrrole nitrogens is 1. The van der Waals surface area contributed by atoms with Gasteiger partial charge in [0.2, 0.25) is 5.95 Å². The fourth-order valence-electron chi connectivity index (χ4n) is 1.52. The average molecular weight is 239 g/mol. The molecule has 6 N–H and O–H groups in total. The Labute approximate surface area is 96.2 Å². The van der Waals surface area contributed by atoms with Gasteiger partial charge in [0.15, 0.2) is 11.5 Å². The van der Waals surface area contributed by atoms with Gasteiger partial charge >= 0.3 is 0 Å². The van der Waals surface area contributed by atoms with Crippen LogP contribution in [-0.2, 0) is 0 Å². The van der Waals surface area contributed by atoms with Crippen molar-refractivity contribution in [2.75, 3.05) is 17.6 Å². The van der Waals surface area contributed by atoms with Crippen LogP contribution < -0.4 is 16.6 Å². The van der Waals surface area contributed by atoms with Crippen LogP contribution in [0.25, 0.3) is 0 Å². The molecular formula is C9H13N5O3. The maximum Gasteiger partial charge on any atom is 0.280 e. The quantitative estimate of drug-likeness (QED) is 0.430. The molecule has 0 spiro atoms. The second-order valence-corrected chi connectivity index (χ2v) is 3.79.